The van der Waals surface area contributed by atoms with Crippen LogP contribution in [0, 0.1) is 5.92 Å². The standard InChI is InChI=1S/C16H18N4O2/c21-14-8-13(9-14)15(7-11-1-4-17-5-2-11)20-16(22)12-3-6-18-19-10-12/h1-6,10,13-15,21H,7-9H2,(H,20,22)/t13?,14?,15-/m1/s1. The summed E-state index contributed by atoms with van der Waals surface area (Å²) in [6, 6.07) is 5.53. The SMILES string of the molecule is O=C(N[C@H](Cc1ccncc1)C1CC(O)C1)c1ccnnc1. The number of pyridine rings is 1. The van der Waals surface area contributed by atoms with Gasteiger partial charge in [0.2, 0.25) is 0 Å². The molecule has 0 aliphatic heterocycles. The fraction of sp³-hybridized carbons (Fsp3) is 0.375. The Balaban J connectivity index is 1.70. The minimum Gasteiger partial charge on any atom is -0.393 e. The number of rotatable bonds is 5. The number of nitrogens with zero attached hydrogens (tertiary/aromatic N) is 3. The van der Waals surface area contributed by atoms with E-state index in [0.29, 0.717) is 11.5 Å². The van der Waals surface area contributed by atoms with Crippen molar-refractivity contribution in [2.75, 3.05) is 0 Å². The first-order valence-electron chi connectivity index (χ1n) is 7.37. The smallest absolute Gasteiger partial charge is 0.253 e. The summed E-state index contributed by atoms with van der Waals surface area (Å²) in [5.41, 5.74) is 1.61. The maximum atomic E-state index is 12.3. The second kappa shape index (κ2) is 6.62. The highest BCUT2D eigenvalue weighted by atomic mass is 16.3. The predicted molar refractivity (Wildman–Crippen MR) is 80.0 cm³/mol. The molecule has 1 saturated carbocycles. The van der Waals surface area contributed by atoms with E-state index in [1.54, 1.807) is 18.5 Å². The highest BCUT2D eigenvalue weighted by Crippen LogP contribution is 2.31. The number of nitrogens with one attached hydrogen (secondary N) is 1. The van der Waals surface area contributed by atoms with Crippen LogP contribution in [0.5, 0.6) is 0 Å². The lowest BCUT2D eigenvalue weighted by atomic mass is 9.75. The van der Waals surface area contributed by atoms with E-state index in [1.807, 2.05) is 12.1 Å². The zero-order chi connectivity index (χ0) is 15.4. The molecule has 1 atom stereocenters. The largest absolute Gasteiger partial charge is 0.393 e. The lowest BCUT2D eigenvalue weighted by molar-refractivity contribution is 0.0239. The van der Waals surface area contributed by atoms with Crippen molar-refractivity contribution in [2.24, 2.45) is 5.92 Å². The maximum absolute atomic E-state index is 12.3. The summed E-state index contributed by atoms with van der Waals surface area (Å²) in [6.45, 7) is 0. The van der Waals surface area contributed by atoms with E-state index in [4.69, 9.17) is 0 Å². The molecule has 2 aromatic heterocycles. The van der Waals surface area contributed by atoms with Crippen molar-refractivity contribution in [3.05, 3.63) is 54.1 Å². The monoisotopic (exact) mass is 298 g/mol. The maximum Gasteiger partial charge on any atom is 0.253 e. The minimum atomic E-state index is -0.246. The molecule has 2 aromatic rings. The lowest BCUT2D eigenvalue weighted by Crippen LogP contribution is -2.48. The molecule has 6 nitrogen and oxygen atoms in total. The van der Waals surface area contributed by atoms with Gasteiger partial charge in [0, 0.05) is 18.4 Å². The van der Waals surface area contributed by atoms with Crippen LogP contribution >= 0.6 is 0 Å². The molecule has 1 aliphatic rings. The van der Waals surface area contributed by atoms with Gasteiger partial charge in [-0.05, 0) is 48.9 Å². The van der Waals surface area contributed by atoms with E-state index >= 15 is 0 Å². The molecule has 1 aliphatic carbocycles. The molecule has 0 unspecified atom stereocenters. The van der Waals surface area contributed by atoms with Crippen molar-refractivity contribution >= 4 is 5.91 Å². The molecule has 1 fully saturated rings. The van der Waals surface area contributed by atoms with Crippen LogP contribution in [0.25, 0.3) is 0 Å². The Kier molecular flexibility index (Phi) is 4.39. The van der Waals surface area contributed by atoms with Crippen molar-refractivity contribution < 1.29 is 9.90 Å². The number of hydrogen-bond acceptors (Lipinski definition) is 5. The van der Waals surface area contributed by atoms with Crippen LogP contribution in [0.3, 0.4) is 0 Å². The van der Waals surface area contributed by atoms with Crippen molar-refractivity contribution in [2.45, 2.75) is 31.4 Å². The third-order valence-corrected chi connectivity index (χ3v) is 4.09. The van der Waals surface area contributed by atoms with Gasteiger partial charge in [0.25, 0.3) is 5.91 Å². The fourth-order valence-electron chi connectivity index (χ4n) is 2.74. The van der Waals surface area contributed by atoms with Gasteiger partial charge in [-0.3, -0.25) is 9.78 Å². The Bertz CT molecular complexity index is 615. The van der Waals surface area contributed by atoms with Crippen LogP contribution in [-0.4, -0.2) is 38.3 Å². The molecule has 3 rings (SSSR count). The van der Waals surface area contributed by atoms with Gasteiger partial charge < -0.3 is 10.4 Å². The Morgan fingerprint density at radius 2 is 2.00 bits per heavy atom. The molecule has 0 bridgehead atoms. The van der Waals surface area contributed by atoms with Gasteiger partial charge >= 0.3 is 0 Å². The number of aromatic nitrogens is 3. The third-order valence-electron chi connectivity index (χ3n) is 4.09. The quantitative estimate of drug-likeness (QED) is 0.859. The van der Waals surface area contributed by atoms with Crippen LogP contribution in [0.4, 0.5) is 0 Å². The van der Waals surface area contributed by atoms with E-state index in [0.717, 1.165) is 24.8 Å². The summed E-state index contributed by atoms with van der Waals surface area (Å²) < 4.78 is 0. The van der Waals surface area contributed by atoms with E-state index in [9.17, 15) is 9.90 Å². The van der Waals surface area contributed by atoms with Crippen LogP contribution in [0.15, 0.2) is 43.0 Å². The summed E-state index contributed by atoms with van der Waals surface area (Å²) in [4.78, 5) is 16.3. The van der Waals surface area contributed by atoms with Crippen LogP contribution in [0.2, 0.25) is 0 Å². The average molecular weight is 298 g/mol. The first-order valence-corrected chi connectivity index (χ1v) is 7.37. The zero-order valence-corrected chi connectivity index (χ0v) is 12.1. The Morgan fingerprint density at radius 1 is 1.23 bits per heavy atom. The van der Waals surface area contributed by atoms with Crippen molar-refractivity contribution in [1.82, 2.24) is 20.5 Å². The highest BCUT2D eigenvalue weighted by Gasteiger charge is 2.34. The number of carbonyl (C=O) groups is 1. The zero-order valence-electron chi connectivity index (χ0n) is 12.1. The van der Waals surface area contributed by atoms with E-state index in [-0.39, 0.29) is 18.1 Å². The number of aliphatic hydroxyl groups is 1. The van der Waals surface area contributed by atoms with E-state index in [2.05, 4.69) is 20.5 Å². The topological polar surface area (TPSA) is 88.0 Å². The summed E-state index contributed by atoms with van der Waals surface area (Å²) in [5.74, 6) is 0.136. The molecule has 0 saturated heterocycles. The van der Waals surface area contributed by atoms with Crippen molar-refractivity contribution in [3.8, 4) is 0 Å². The summed E-state index contributed by atoms with van der Waals surface area (Å²) in [6.07, 6.45) is 8.38. The predicted octanol–water partition coefficient (Wildman–Crippen LogP) is 0.984. The molecule has 0 radical (unpaired) electrons. The van der Waals surface area contributed by atoms with Crippen molar-refractivity contribution in [1.29, 1.82) is 0 Å². The van der Waals surface area contributed by atoms with Gasteiger partial charge in [0.15, 0.2) is 0 Å². The number of carbonyl (C=O) groups excluding carboxylic acids is 1. The Morgan fingerprint density at radius 3 is 2.64 bits per heavy atom. The van der Waals surface area contributed by atoms with Crippen LogP contribution in [0.1, 0.15) is 28.8 Å². The molecule has 114 valence electrons. The van der Waals surface area contributed by atoms with Gasteiger partial charge in [-0.2, -0.15) is 10.2 Å². The fourth-order valence-corrected chi connectivity index (χ4v) is 2.74. The lowest BCUT2D eigenvalue weighted by Gasteiger charge is -2.38. The van der Waals surface area contributed by atoms with Crippen molar-refractivity contribution in [3.63, 3.8) is 0 Å². The Labute approximate surface area is 128 Å². The average Bonchev–Trinajstić information content (AvgIpc) is 2.53. The molecule has 0 spiro atoms. The second-order valence-electron chi connectivity index (χ2n) is 5.66. The molecule has 0 aromatic carbocycles. The number of aliphatic hydroxyl groups excluding tert-OH is 1. The van der Waals surface area contributed by atoms with Gasteiger partial charge in [-0.15, -0.1) is 0 Å². The summed E-state index contributed by atoms with van der Waals surface area (Å²) in [5, 5.41) is 20.0. The van der Waals surface area contributed by atoms with Gasteiger partial charge in [-0.1, -0.05) is 0 Å². The van der Waals surface area contributed by atoms with E-state index in [1.165, 1.54) is 12.4 Å². The molecule has 22 heavy (non-hydrogen) atoms. The molecular weight excluding hydrogens is 280 g/mol. The first kappa shape index (κ1) is 14.6. The normalized spacial score (nSPS) is 21.7. The Hall–Kier alpha value is -2.34. The highest BCUT2D eigenvalue weighted by molar-refractivity contribution is 5.93. The molecular formula is C16H18N4O2. The first-order chi connectivity index (χ1) is 10.7. The number of amides is 1. The number of hydrogen-bond donors (Lipinski definition) is 2. The van der Waals surface area contributed by atoms with Gasteiger partial charge in [-0.25, -0.2) is 0 Å². The second-order valence-corrected chi connectivity index (χ2v) is 5.66. The van der Waals surface area contributed by atoms with Crippen LogP contribution < -0.4 is 5.32 Å². The van der Waals surface area contributed by atoms with E-state index < -0.39 is 0 Å². The summed E-state index contributed by atoms with van der Waals surface area (Å²) in [7, 11) is 0. The van der Waals surface area contributed by atoms with Crippen LogP contribution in [-0.2, 0) is 6.42 Å². The third kappa shape index (κ3) is 3.46. The molecule has 6 heteroatoms. The van der Waals surface area contributed by atoms with Gasteiger partial charge in [0.1, 0.15) is 0 Å². The van der Waals surface area contributed by atoms with Gasteiger partial charge in [0.05, 0.1) is 24.1 Å². The molecule has 2 heterocycles. The molecule has 2 N–H and O–H groups in total. The summed E-state index contributed by atoms with van der Waals surface area (Å²) >= 11 is 0. The molecule has 1 amide bonds. The minimum absolute atomic E-state index is 0.00790.